The Bertz CT molecular complexity index is 990. The number of carboxylic acid groups (broad SMARTS) is 1. The molecule has 0 heterocycles. The second-order valence-electron chi connectivity index (χ2n) is 9.14. The Morgan fingerprint density at radius 2 is 1.70 bits per heavy atom. The molecule has 202 valence electrons. The maximum atomic E-state index is 12.9. The van der Waals surface area contributed by atoms with Crippen molar-refractivity contribution >= 4 is 35.3 Å². The number of hydrogen-bond acceptors (Lipinski definition) is 5. The predicted molar refractivity (Wildman–Crippen MR) is 144 cm³/mol. The smallest absolute Gasteiger partial charge is 0.410 e. The molecule has 1 aliphatic carbocycles. The Hall–Kier alpha value is -2.48. The molecule has 1 N–H and O–H groups in total. The topological polar surface area (TPSA) is 85.3 Å². The van der Waals surface area contributed by atoms with E-state index in [0.717, 1.165) is 49.7 Å². The van der Waals surface area contributed by atoms with Gasteiger partial charge in [-0.25, -0.2) is 9.59 Å². The van der Waals surface area contributed by atoms with Crippen molar-refractivity contribution in [3.63, 3.8) is 0 Å². The lowest BCUT2D eigenvalue weighted by molar-refractivity contribution is -0.149. The molecule has 0 radical (unpaired) electrons. The van der Waals surface area contributed by atoms with Crippen LogP contribution in [0.2, 0.25) is 10.0 Å². The van der Waals surface area contributed by atoms with E-state index < -0.39 is 12.1 Å². The standard InChI is InChI=1S/C28H35Cl2NO6/c1-2-35-26(27(32)33)18-20-9-11-24(12-10-20)36-15-14-31(28(34)37-25-7-3-4-8-25)13-5-6-21-16-22(29)19-23(30)17-21/h9-12,16-17,19,25-26H,2-8,13-15,18H2,1H3,(H,32,33). The van der Waals surface area contributed by atoms with Crippen LogP contribution in [0.15, 0.2) is 42.5 Å². The molecule has 9 heteroatoms. The zero-order chi connectivity index (χ0) is 26.6. The Balaban J connectivity index is 1.52. The van der Waals surface area contributed by atoms with Crippen molar-refractivity contribution < 1.29 is 28.9 Å². The first-order chi connectivity index (χ1) is 17.8. The summed E-state index contributed by atoms with van der Waals surface area (Å²) in [6, 6.07) is 12.7. The van der Waals surface area contributed by atoms with Crippen molar-refractivity contribution in [2.24, 2.45) is 0 Å². The van der Waals surface area contributed by atoms with Gasteiger partial charge >= 0.3 is 12.1 Å². The summed E-state index contributed by atoms with van der Waals surface area (Å²) in [5.41, 5.74) is 1.86. The van der Waals surface area contributed by atoms with Crippen LogP contribution in [0.5, 0.6) is 5.75 Å². The van der Waals surface area contributed by atoms with E-state index in [2.05, 4.69) is 0 Å². The van der Waals surface area contributed by atoms with Gasteiger partial charge in [-0.2, -0.15) is 0 Å². The molecule has 37 heavy (non-hydrogen) atoms. The number of benzene rings is 2. The SMILES string of the molecule is CCOC(Cc1ccc(OCCN(CCCc2cc(Cl)cc(Cl)c2)C(=O)OC2CCCC2)cc1)C(=O)O. The van der Waals surface area contributed by atoms with Crippen molar-refractivity contribution in [2.45, 2.75) is 64.1 Å². The first-order valence-electron chi connectivity index (χ1n) is 12.8. The van der Waals surface area contributed by atoms with Gasteiger partial charge in [0.15, 0.2) is 6.10 Å². The normalized spacial score (nSPS) is 14.4. The molecule has 0 bridgehead atoms. The van der Waals surface area contributed by atoms with Gasteiger partial charge in [-0.1, -0.05) is 35.3 Å². The minimum Gasteiger partial charge on any atom is -0.492 e. The molecule has 1 amide bonds. The van der Waals surface area contributed by atoms with E-state index in [1.54, 1.807) is 30.0 Å². The van der Waals surface area contributed by atoms with Gasteiger partial charge in [0.2, 0.25) is 0 Å². The Labute approximate surface area is 228 Å². The minimum absolute atomic E-state index is 0.0125. The molecular formula is C28H35Cl2NO6. The van der Waals surface area contributed by atoms with Gasteiger partial charge in [-0.3, -0.25) is 0 Å². The summed E-state index contributed by atoms with van der Waals surface area (Å²) >= 11 is 12.2. The Morgan fingerprint density at radius 3 is 2.32 bits per heavy atom. The Morgan fingerprint density at radius 1 is 1.03 bits per heavy atom. The van der Waals surface area contributed by atoms with E-state index in [1.807, 2.05) is 24.3 Å². The number of aliphatic carboxylic acids is 1. The first-order valence-corrected chi connectivity index (χ1v) is 13.6. The molecule has 1 atom stereocenters. The van der Waals surface area contributed by atoms with Crippen LogP contribution in [0.3, 0.4) is 0 Å². The fourth-order valence-corrected chi connectivity index (χ4v) is 4.95. The van der Waals surface area contributed by atoms with E-state index in [-0.39, 0.29) is 18.6 Å². The lowest BCUT2D eigenvalue weighted by Gasteiger charge is -2.24. The molecule has 3 rings (SSSR count). The van der Waals surface area contributed by atoms with Gasteiger partial charge in [0.1, 0.15) is 18.5 Å². The van der Waals surface area contributed by atoms with Crippen LogP contribution in [0.1, 0.15) is 50.2 Å². The summed E-state index contributed by atoms with van der Waals surface area (Å²) in [6.07, 6.45) is 4.54. The number of carboxylic acids is 1. The number of carbonyl (C=O) groups is 2. The molecule has 1 saturated carbocycles. The molecule has 2 aromatic rings. The lowest BCUT2D eigenvalue weighted by atomic mass is 10.1. The maximum absolute atomic E-state index is 12.9. The molecule has 0 aromatic heterocycles. The molecule has 1 unspecified atom stereocenters. The molecule has 2 aromatic carbocycles. The van der Waals surface area contributed by atoms with Crippen LogP contribution in [0.4, 0.5) is 4.79 Å². The van der Waals surface area contributed by atoms with Crippen molar-refractivity contribution in [3.8, 4) is 5.75 Å². The number of amides is 1. The van der Waals surface area contributed by atoms with Crippen LogP contribution >= 0.6 is 23.2 Å². The minimum atomic E-state index is -0.981. The number of hydrogen-bond donors (Lipinski definition) is 1. The highest BCUT2D eigenvalue weighted by atomic mass is 35.5. The van der Waals surface area contributed by atoms with Crippen LogP contribution in [-0.2, 0) is 27.1 Å². The molecule has 0 aliphatic heterocycles. The third-order valence-corrected chi connectivity index (χ3v) is 6.70. The average Bonchev–Trinajstić information content (AvgIpc) is 3.36. The zero-order valence-electron chi connectivity index (χ0n) is 21.2. The van der Waals surface area contributed by atoms with Crippen molar-refractivity contribution in [2.75, 3.05) is 26.3 Å². The van der Waals surface area contributed by atoms with E-state index in [1.165, 1.54) is 0 Å². The van der Waals surface area contributed by atoms with E-state index in [0.29, 0.717) is 42.1 Å². The summed E-state index contributed by atoms with van der Waals surface area (Å²) in [6.45, 7) is 3.32. The van der Waals surface area contributed by atoms with Crippen LogP contribution in [0, 0.1) is 0 Å². The molecule has 0 saturated heterocycles. The largest absolute Gasteiger partial charge is 0.492 e. The van der Waals surface area contributed by atoms with Gasteiger partial charge in [0.05, 0.1) is 6.54 Å². The van der Waals surface area contributed by atoms with Crippen molar-refractivity contribution in [1.29, 1.82) is 0 Å². The van der Waals surface area contributed by atoms with Gasteiger partial charge in [-0.05, 0) is 86.9 Å². The molecule has 7 nitrogen and oxygen atoms in total. The average molecular weight is 552 g/mol. The summed E-state index contributed by atoms with van der Waals surface area (Å²) < 4.78 is 16.9. The van der Waals surface area contributed by atoms with Crippen LogP contribution in [-0.4, -0.2) is 60.6 Å². The number of nitrogens with zero attached hydrogens (tertiary/aromatic N) is 1. The van der Waals surface area contributed by atoms with Gasteiger partial charge in [-0.15, -0.1) is 0 Å². The summed E-state index contributed by atoms with van der Waals surface area (Å²) in [5.74, 6) is -0.338. The first kappa shape index (κ1) is 29.1. The van der Waals surface area contributed by atoms with Gasteiger partial charge < -0.3 is 24.2 Å². The summed E-state index contributed by atoms with van der Waals surface area (Å²) in [5, 5.41) is 10.5. The monoisotopic (exact) mass is 551 g/mol. The van der Waals surface area contributed by atoms with E-state index >= 15 is 0 Å². The molecular weight excluding hydrogens is 517 g/mol. The third kappa shape index (κ3) is 10.1. The summed E-state index contributed by atoms with van der Waals surface area (Å²) in [7, 11) is 0. The predicted octanol–water partition coefficient (Wildman–Crippen LogP) is 6.42. The second kappa shape index (κ2) is 15.1. The van der Waals surface area contributed by atoms with E-state index in [4.69, 9.17) is 37.4 Å². The molecule has 1 aliphatic rings. The fourth-order valence-electron chi connectivity index (χ4n) is 4.38. The highest BCUT2D eigenvalue weighted by molar-refractivity contribution is 6.34. The third-order valence-electron chi connectivity index (χ3n) is 6.26. The van der Waals surface area contributed by atoms with Crippen molar-refractivity contribution in [1.82, 2.24) is 4.90 Å². The number of ether oxygens (including phenoxy) is 3. The van der Waals surface area contributed by atoms with Crippen LogP contribution < -0.4 is 4.74 Å². The molecule has 0 spiro atoms. The lowest BCUT2D eigenvalue weighted by Crippen LogP contribution is -2.37. The number of carbonyl (C=O) groups excluding carboxylic acids is 1. The summed E-state index contributed by atoms with van der Waals surface area (Å²) in [4.78, 5) is 25.9. The van der Waals surface area contributed by atoms with Crippen molar-refractivity contribution in [3.05, 3.63) is 63.6 Å². The highest BCUT2D eigenvalue weighted by Crippen LogP contribution is 2.23. The number of halogens is 2. The number of rotatable bonds is 14. The van der Waals surface area contributed by atoms with Gasteiger partial charge in [0.25, 0.3) is 0 Å². The quantitative estimate of drug-likeness (QED) is 0.291. The molecule has 1 fully saturated rings. The second-order valence-corrected chi connectivity index (χ2v) is 10.0. The van der Waals surface area contributed by atoms with E-state index in [9.17, 15) is 14.7 Å². The zero-order valence-corrected chi connectivity index (χ0v) is 22.7. The fraction of sp³-hybridized carbons (Fsp3) is 0.500. The van der Waals surface area contributed by atoms with Gasteiger partial charge in [0, 0.05) is 29.6 Å². The highest BCUT2D eigenvalue weighted by Gasteiger charge is 2.23. The van der Waals surface area contributed by atoms with Crippen LogP contribution in [0.25, 0.3) is 0 Å². The Kier molecular flexibility index (Phi) is 11.8. The maximum Gasteiger partial charge on any atom is 0.410 e. The number of aryl methyl sites for hydroxylation is 1.